The topological polar surface area (TPSA) is 47.6 Å². The maximum Gasteiger partial charge on any atom is 0.322 e. The third kappa shape index (κ3) is 3.46. The number of nitrogens with one attached hydrogen (secondary N) is 1. The zero-order chi connectivity index (χ0) is 13.0. The summed E-state index contributed by atoms with van der Waals surface area (Å²) >= 11 is 3.40. The fourth-order valence-electron chi connectivity index (χ4n) is 2.03. The van der Waals surface area contributed by atoms with E-state index >= 15 is 0 Å². The molecule has 0 spiro atoms. The fourth-order valence-corrected chi connectivity index (χ4v) is 2.41. The van der Waals surface area contributed by atoms with Crippen molar-refractivity contribution in [2.24, 2.45) is 5.92 Å². The Morgan fingerprint density at radius 3 is 3.11 bits per heavy atom. The molecule has 0 saturated carbocycles. The number of rotatable bonds is 4. The average Bonchev–Trinajstić information content (AvgIpc) is 2.84. The van der Waals surface area contributed by atoms with Crippen LogP contribution in [-0.4, -0.2) is 32.3 Å². The third-order valence-electron chi connectivity index (χ3n) is 2.99. The molecule has 1 aromatic rings. The smallest absolute Gasteiger partial charge is 0.322 e. The first-order valence-corrected chi connectivity index (χ1v) is 6.68. The van der Waals surface area contributed by atoms with Crippen molar-refractivity contribution in [3.8, 4) is 5.75 Å². The first-order valence-electron chi connectivity index (χ1n) is 5.88. The van der Waals surface area contributed by atoms with E-state index in [9.17, 15) is 4.79 Å². The van der Waals surface area contributed by atoms with E-state index in [-0.39, 0.29) is 12.0 Å². The predicted molar refractivity (Wildman–Crippen MR) is 71.6 cm³/mol. The number of benzene rings is 1. The minimum Gasteiger partial charge on any atom is -0.493 e. The Morgan fingerprint density at radius 1 is 1.56 bits per heavy atom. The Hall–Kier alpha value is -1.07. The molecule has 98 valence electrons. The maximum absolute atomic E-state index is 11.3. The summed E-state index contributed by atoms with van der Waals surface area (Å²) in [5.74, 6) is 0.985. The van der Waals surface area contributed by atoms with Gasteiger partial charge in [-0.3, -0.25) is 4.79 Å². The van der Waals surface area contributed by atoms with Gasteiger partial charge in [-0.2, -0.15) is 0 Å². The van der Waals surface area contributed by atoms with Gasteiger partial charge in [0, 0.05) is 16.9 Å². The number of carbonyl (C=O) groups excluding carboxylic acids is 1. The lowest BCUT2D eigenvalue weighted by atomic mass is 10.1. The van der Waals surface area contributed by atoms with Crippen LogP contribution in [0.2, 0.25) is 0 Å². The van der Waals surface area contributed by atoms with E-state index in [1.807, 2.05) is 24.3 Å². The summed E-state index contributed by atoms with van der Waals surface area (Å²) in [5, 5.41) is 3.14. The van der Waals surface area contributed by atoms with Crippen LogP contribution < -0.4 is 10.1 Å². The van der Waals surface area contributed by atoms with Gasteiger partial charge in [0.1, 0.15) is 11.8 Å². The molecule has 1 aliphatic rings. The summed E-state index contributed by atoms with van der Waals surface area (Å²) < 4.78 is 11.4. The van der Waals surface area contributed by atoms with Crippen molar-refractivity contribution in [1.29, 1.82) is 0 Å². The molecule has 0 bridgehead atoms. The number of esters is 1. The van der Waals surface area contributed by atoms with Gasteiger partial charge in [0.25, 0.3) is 0 Å². The Kier molecular flexibility index (Phi) is 4.60. The molecule has 1 saturated heterocycles. The lowest BCUT2D eigenvalue weighted by Gasteiger charge is -2.11. The van der Waals surface area contributed by atoms with Crippen molar-refractivity contribution >= 4 is 21.9 Å². The van der Waals surface area contributed by atoms with E-state index in [4.69, 9.17) is 9.47 Å². The van der Waals surface area contributed by atoms with Crippen LogP contribution in [0.25, 0.3) is 0 Å². The van der Waals surface area contributed by atoms with Crippen LogP contribution in [0.4, 0.5) is 0 Å². The highest BCUT2D eigenvalue weighted by Crippen LogP contribution is 2.20. The normalized spacial score (nSPS) is 22.8. The number of methoxy groups -OCH3 is 1. The molecule has 1 aromatic carbocycles. The predicted octanol–water partition coefficient (Wildman–Crippen LogP) is 1.98. The van der Waals surface area contributed by atoms with Crippen molar-refractivity contribution < 1.29 is 14.3 Å². The van der Waals surface area contributed by atoms with E-state index in [2.05, 4.69) is 21.2 Å². The molecular weight excluding hydrogens is 298 g/mol. The molecule has 0 aromatic heterocycles. The zero-order valence-corrected chi connectivity index (χ0v) is 11.8. The maximum atomic E-state index is 11.3. The summed E-state index contributed by atoms with van der Waals surface area (Å²) in [5.41, 5.74) is 0. The van der Waals surface area contributed by atoms with Crippen molar-refractivity contribution in [3.05, 3.63) is 28.7 Å². The van der Waals surface area contributed by atoms with Gasteiger partial charge in [0.15, 0.2) is 0 Å². The molecule has 4 nitrogen and oxygen atoms in total. The second-order valence-corrected chi connectivity index (χ2v) is 5.27. The standard InChI is InChI=1S/C13H16BrNO3/c1-17-13(16)12-5-9(7-15-12)8-18-11-4-2-3-10(14)6-11/h2-4,6,9,12,15H,5,7-8H2,1H3/t9-,12+/m1/s1. The molecular formula is C13H16BrNO3. The first-order chi connectivity index (χ1) is 8.69. The summed E-state index contributed by atoms with van der Waals surface area (Å²) in [7, 11) is 1.41. The van der Waals surface area contributed by atoms with Gasteiger partial charge in [-0.05, 0) is 24.6 Å². The van der Waals surface area contributed by atoms with Crippen molar-refractivity contribution in [1.82, 2.24) is 5.32 Å². The van der Waals surface area contributed by atoms with Crippen molar-refractivity contribution in [2.45, 2.75) is 12.5 Å². The summed E-state index contributed by atoms with van der Waals surface area (Å²) in [6, 6.07) is 7.55. The Morgan fingerprint density at radius 2 is 2.39 bits per heavy atom. The lowest BCUT2D eigenvalue weighted by molar-refractivity contribution is -0.142. The minimum atomic E-state index is -0.194. The summed E-state index contributed by atoms with van der Waals surface area (Å²) in [4.78, 5) is 11.3. The van der Waals surface area contributed by atoms with E-state index in [1.165, 1.54) is 7.11 Å². The van der Waals surface area contributed by atoms with E-state index in [0.29, 0.717) is 12.5 Å². The SMILES string of the molecule is COC(=O)[C@@H]1C[C@@H](COc2cccc(Br)c2)CN1. The molecule has 2 atom stereocenters. The molecule has 0 unspecified atom stereocenters. The van der Waals surface area contributed by atoms with Gasteiger partial charge in [-0.25, -0.2) is 0 Å². The molecule has 18 heavy (non-hydrogen) atoms. The highest BCUT2D eigenvalue weighted by molar-refractivity contribution is 9.10. The molecule has 1 aliphatic heterocycles. The number of hydrogen-bond donors (Lipinski definition) is 1. The van der Waals surface area contributed by atoms with Crippen LogP contribution in [0, 0.1) is 5.92 Å². The second kappa shape index (κ2) is 6.20. The summed E-state index contributed by atoms with van der Waals surface area (Å²) in [6.07, 6.45) is 0.765. The van der Waals surface area contributed by atoms with Crippen molar-refractivity contribution in [2.75, 3.05) is 20.3 Å². The van der Waals surface area contributed by atoms with Crippen LogP contribution in [0.15, 0.2) is 28.7 Å². The van der Waals surface area contributed by atoms with Gasteiger partial charge in [-0.1, -0.05) is 22.0 Å². The number of hydrogen-bond acceptors (Lipinski definition) is 4. The van der Waals surface area contributed by atoms with Crippen LogP contribution >= 0.6 is 15.9 Å². The zero-order valence-electron chi connectivity index (χ0n) is 10.2. The third-order valence-corrected chi connectivity index (χ3v) is 3.48. The molecule has 0 radical (unpaired) electrons. The molecule has 0 aliphatic carbocycles. The molecule has 5 heteroatoms. The molecule has 0 amide bonds. The van der Waals surface area contributed by atoms with Crippen LogP contribution in [0.1, 0.15) is 6.42 Å². The van der Waals surface area contributed by atoms with E-state index in [0.717, 1.165) is 23.2 Å². The number of ether oxygens (including phenoxy) is 2. The Bertz CT molecular complexity index is 424. The highest BCUT2D eigenvalue weighted by atomic mass is 79.9. The van der Waals surface area contributed by atoms with E-state index < -0.39 is 0 Å². The number of halogens is 1. The molecule has 1 N–H and O–H groups in total. The molecule has 1 fully saturated rings. The lowest BCUT2D eigenvalue weighted by Crippen LogP contribution is -2.31. The van der Waals surface area contributed by atoms with Crippen molar-refractivity contribution in [3.63, 3.8) is 0 Å². The van der Waals surface area contributed by atoms with E-state index in [1.54, 1.807) is 0 Å². The second-order valence-electron chi connectivity index (χ2n) is 4.35. The van der Waals surface area contributed by atoms with Crippen LogP contribution in [0.3, 0.4) is 0 Å². The quantitative estimate of drug-likeness (QED) is 0.864. The summed E-state index contributed by atoms with van der Waals surface area (Å²) in [6.45, 7) is 1.39. The highest BCUT2D eigenvalue weighted by Gasteiger charge is 2.30. The Labute approximate surface area is 115 Å². The van der Waals surface area contributed by atoms with Crippen LogP contribution in [-0.2, 0) is 9.53 Å². The Balaban J connectivity index is 1.80. The largest absolute Gasteiger partial charge is 0.493 e. The first kappa shape index (κ1) is 13.4. The molecule has 1 heterocycles. The van der Waals surface area contributed by atoms with Crippen LogP contribution in [0.5, 0.6) is 5.75 Å². The van der Waals surface area contributed by atoms with Gasteiger partial charge >= 0.3 is 5.97 Å². The minimum absolute atomic E-state index is 0.189. The van der Waals surface area contributed by atoms with Gasteiger partial charge in [0.2, 0.25) is 0 Å². The van der Waals surface area contributed by atoms with Gasteiger partial charge in [0.05, 0.1) is 13.7 Å². The van der Waals surface area contributed by atoms with Gasteiger partial charge in [-0.15, -0.1) is 0 Å². The monoisotopic (exact) mass is 313 g/mol. The average molecular weight is 314 g/mol. The number of carbonyl (C=O) groups is 1. The molecule has 2 rings (SSSR count). The van der Waals surface area contributed by atoms with Gasteiger partial charge < -0.3 is 14.8 Å². The fraction of sp³-hybridized carbons (Fsp3) is 0.462.